The van der Waals surface area contributed by atoms with Crippen molar-refractivity contribution in [3.63, 3.8) is 0 Å². The summed E-state index contributed by atoms with van der Waals surface area (Å²) in [7, 11) is 0. The maximum absolute atomic E-state index is 13.0. The molecule has 1 heterocycles. The molecule has 5 unspecified atom stereocenters. The Labute approximate surface area is 203 Å². The molecule has 0 saturated heterocycles. The molecule has 1 aromatic heterocycles. The molecule has 0 aromatic carbocycles. The van der Waals surface area contributed by atoms with Gasteiger partial charge in [0.05, 0.1) is 18.8 Å². The summed E-state index contributed by atoms with van der Waals surface area (Å²) in [5.74, 6) is -5.44. The molecule has 196 valence electrons. The van der Waals surface area contributed by atoms with E-state index in [9.17, 15) is 34.2 Å². The van der Waals surface area contributed by atoms with Crippen LogP contribution in [0.15, 0.2) is 12.5 Å². The lowest BCUT2D eigenvalue weighted by Gasteiger charge is -2.26. The van der Waals surface area contributed by atoms with Crippen molar-refractivity contribution < 1.29 is 34.2 Å². The molecular weight excluding hydrogens is 460 g/mol. The first-order valence-electron chi connectivity index (χ1n) is 11.4. The van der Waals surface area contributed by atoms with Gasteiger partial charge in [-0.25, -0.2) is 9.78 Å². The third kappa shape index (κ3) is 10.1. The van der Waals surface area contributed by atoms with E-state index in [1.807, 2.05) is 13.8 Å². The van der Waals surface area contributed by atoms with Gasteiger partial charge in [0.15, 0.2) is 0 Å². The molecule has 0 radical (unpaired) electrons. The number of rotatable bonds is 15. The number of aromatic amines is 1. The highest BCUT2D eigenvalue weighted by atomic mass is 16.4. The summed E-state index contributed by atoms with van der Waals surface area (Å²) in [6.45, 7) is 7.02. The zero-order chi connectivity index (χ0) is 26.7. The lowest BCUT2D eigenvalue weighted by atomic mass is 9.98. The summed E-state index contributed by atoms with van der Waals surface area (Å²) in [5.41, 5.74) is 6.57. The Morgan fingerprint density at radius 1 is 1.00 bits per heavy atom. The number of hydrogen-bond donors (Lipinski definition) is 7. The number of aliphatic carboxylic acids is 2. The van der Waals surface area contributed by atoms with E-state index in [-0.39, 0.29) is 18.8 Å². The fourth-order valence-corrected chi connectivity index (χ4v) is 3.30. The summed E-state index contributed by atoms with van der Waals surface area (Å²) in [6.07, 6.45) is 2.99. The largest absolute Gasteiger partial charge is 0.481 e. The molecular formula is C22H36N6O7. The van der Waals surface area contributed by atoms with Crippen molar-refractivity contribution in [1.82, 2.24) is 25.9 Å². The molecule has 3 amide bonds. The minimum atomic E-state index is -1.55. The van der Waals surface area contributed by atoms with Gasteiger partial charge in [0.2, 0.25) is 17.7 Å². The Bertz CT molecular complexity index is 874. The van der Waals surface area contributed by atoms with Crippen LogP contribution >= 0.6 is 0 Å². The number of H-pyrrole nitrogens is 1. The first kappa shape index (κ1) is 29.6. The Hall–Kier alpha value is -3.48. The zero-order valence-electron chi connectivity index (χ0n) is 20.4. The van der Waals surface area contributed by atoms with Crippen molar-refractivity contribution in [3.05, 3.63) is 18.2 Å². The Morgan fingerprint density at radius 2 is 1.60 bits per heavy atom. The van der Waals surface area contributed by atoms with Crippen molar-refractivity contribution >= 4 is 29.7 Å². The number of nitrogens with two attached hydrogens (primary N) is 1. The fraction of sp³-hybridized carbons (Fsp3) is 0.636. The molecule has 0 fully saturated rings. The molecule has 13 nitrogen and oxygen atoms in total. The van der Waals surface area contributed by atoms with Crippen LogP contribution < -0.4 is 21.7 Å². The number of carboxylic acid groups (broad SMARTS) is 2. The Balaban J connectivity index is 2.97. The number of nitrogens with one attached hydrogen (secondary N) is 4. The highest BCUT2D eigenvalue weighted by molar-refractivity contribution is 5.95. The van der Waals surface area contributed by atoms with Crippen LogP contribution in [0, 0.1) is 11.8 Å². The summed E-state index contributed by atoms with van der Waals surface area (Å²) >= 11 is 0. The molecule has 1 aromatic rings. The summed E-state index contributed by atoms with van der Waals surface area (Å²) in [6, 6.07) is -4.88. The van der Waals surface area contributed by atoms with Gasteiger partial charge in [0.1, 0.15) is 18.1 Å². The molecule has 0 aliphatic rings. The van der Waals surface area contributed by atoms with Crippen molar-refractivity contribution in [3.8, 4) is 0 Å². The Kier molecular flexibility index (Phi) is 11.9. The van der Waals surface area contributed by atoms with E-state index in [4.69, 9.17) is 5.73 Å². The second-order valence-corrected chi connectivity index (χ2v) is 8.95. The average Bonchev–Trinajstić information content (AvgIpc) is 3.27. The number of nitrogens with zero attached hydrogens (tertiary/aromatic N) is 1. The topological polar surface area (TPSA) is 217 Å². The molecule has 0 aliphatic carbocycles. The molecule has 13 heteroatoms. The summed E-state index contributed by atoms with van der Waals surface area (Å²) < 4.78 is 0. The number of hydrogen-bond acceptors (Lipinski definition) is 7. The highest BCUT2D eigenvalue weighted by Crippen LogP contribution is 2.10. The van der Waals surface area contributed by atoms with Crippen LogP contribution in [0.25, 0.3) is 0 Å². The van der Waals surface area contributed by atoms with E-state index >= 15 is 0 Å². The van der Waals surface area contributed by atoms with E-state index < -0.39 is 66.2 Å². The molecule has 0 spiro atoms. The minimum absolute atomic E-state index is 0.0385. The first-order chi connectivity index (χ1) is 16.3. The third-order valence-corrected chi connectivity index (χ3v) is 5.46. The minimum Gasteiger partial charge on any atom is -0.481 e. The van der Waals surface area contributed by atoms with Gasteiger partial charge in [0.25, 0.3) is 0 Å². The first-order valence-corrected chi connectivity index (χ1v) is 11.4. The molecule has 5 atom stereocenters. The van der Waals surface area contributed by atoms with E-state index in [0.29, 0.717) is 12.1 Å². The number of imidazole rings is 1. The number of carbonyl (C=O) groups is 5. The quantitative estimate of drug-likeness (QED) is 0.164. The smallest absolute Gasteiger partial charge is 0.326 e. The summed E-state index contributed by atoms with van der Waals surface area (Å²) in [4.78, 5) is 67.9. The van der Waals surface area contributed by atoms with Crippen LogP contribution in [0.3, 0.4) is 0 Å². The number of aromatic nitrogens is 2. The van der Waals surface area contributed by atoms with E-state index in [1.54, 1.807) is 13.8 Å². The Morgan fingerprint density at radius 3 is 2.09 bits per heavy atom. The molecule has 8 N–H and O–H groups in total. The molecule has 1 rings (SSSR count). The van der Waals surface area contributed by atoms with Crippen molar-refractivity contribution in [1.29, 1.82) is 0 Å². The van der Waals surface area contributed by atoms with Crippen molar-refractivity contribution in [2.75, 3.05) is 0 Å². The zero-order valence-corrected chi connectivity index (χ0v) is 20.4. The van der Waals surface area contributed by atoms with Gasteiger partial charge in [-0.2, -0.15) is 0 Å². The number of amides is 3. The molecule has 35 heavy (non-hydrogen) atoms. The van der Waals surface area contributed by atoms with Crippen LogP contribution in [0.2, 0.25) is 0 Å². The predicted molar refractivity (Wildman–Crippen MR) is 125 cm³/mol. The van der Waals surface area contributed by atoms with Gasteiger partial charge in [-0.05, 0) is 18.3 Å². The van der Waals surface area contributed by atoms with Gasteiger partial charge < -0.3 is 36.9 Å². The van der Waals surface area contributed by atoms with Crippen LogP contribution in [0.5, 0.6) is 0 Å². The van der Waals surface area contributed by atoms with Gasteiger partial charge in [0, 0.05) is 18.3 Å². The van der Waals surface area contributed by atoms with Gasteiger partial charge in [-0.1, -0.05) is 34.1 Å². The average molecular weight is 497 g/mol. The van der Waals surface area contributed by atoms with Gasteiger partial charge in [-0.3, -0.25) is 19.2 Å². The van der Waals surface area contributed by atoms with Crippen LogP contribution in [0.4, 0.5) is 0 Å². The van der Waals surface area contributed by atoms with E-state index in [0.717, 1.165) is 0 Å². The van der Waals surface area contributed by atoms with Crippen molar-refractivity contribution in [2.24, 2.45) is 17.6 Å². The number of carbonyl (C=O) groups excluding carboxylic acids is 3. The van der Waals surface area contributed by atoms with Gasteiger partial charge in [-0.15, -0.1) is 0 Å². The third-order valence-electron chi connectivity index (χ3n) is 5.46. The molecule has 0 saturated carbocycles. The van der Waals surface area contributed by atoms with Crippen LogP contribution in [-0.2, 0) is 30.4 Å². The molecule has 0 bridgehead atoms. The highest BCUT2D eigenvalue weighted by Gasteiger charge is 2.33. The monoisotopic (exact) mass is 496 g/mol. The van der Waals surface area contributed by atoms with Crippen LogP contribution in [0.1, 0.15) is 52.7 Å². The second-order valence-electron chi connectivity index (χ2n) is 8.95. The standard InChI is InChI=1S/C22H36N6O7/c1-5-12(4)18(22(34)35)28-21(33)16(8-17(29)30)27-20(32)15(6-11(2)3)26-19(31)14(23)7-13-9-24-10-25-13/h9-12,14-16,18H,5-8,23H2,1-4H3,(H,24,25)(H,26,31)(H,27,32)(H,28,33)(H,29,30)(H,34,35). The lowest BCUT2D eigenvalue weighted by molar-refractivity contribution is -0.144. The van der Waals surface area contributed by atoms with Crippen molar-refractivity contribution in [2.45, 2.75) is 77.5 Å². The van der Waals surface area contributed by atoms with Crippen LogP contribution in [-0.4, -0.2) is 74.0 Å². The lowest BCUT2D eigenvalue weighted by Crippen LogP contribution is -2.58. The normalized spacial score (nSPS) is 15.4. The van der Waals surface area contributed by atoms with Gasteiger partial charge >= 0.3 is 11.9 Å². The molecule has 0 aliphatic heterocycles. The number of carboxylic acids is 2. The fourth-order valence-electron chi connectivity index (χ4n) is 3.30. The second kappa shape index (κ2) is 14.0. The SMILES string of the molecule is CCC(C)C(NC(=O)C(CC(=O)O)NC(=O)C(CC(C)C)NC(=O)C(N)Cc1cnc[nH]1)C(=O)O. The van der Waals surface area contributed by atoms with E-state index in [2.05, 4.69) is 25.9 Å². The van der Waals surface area contributed by atoms with E-state index in [1.165, 1.54) is 12.5 Å². The summed E-state index contributed by atoms with van der Waals surface area (Å²) in [5, 5.41) is 25.9. The maximum Gasteiger partial charge on any atom is 0.326 e. The predicted octanol–water partition coefficient (Wildman–Crippen LogP) is -0.615. The maximum atomic E-state index is 13.0.